The Morgan fingerprint density at radius 2 is 1.91 bits per heavy atom. The molecule has 0 bridgehead atoms. The van der Waals surface area contributed by atoms with Crippen molar-refractivity contribution in [3.63, 3.8) is 0 Å². The Morgan fingerprint density at radius 1 is 1.22 bits per heavy atom. The zero-order valence-corrected chi connectivity index (χ0v) is 13.5. The molecule has 118 valence electrons. The molecular formula is C16H11Cl2FN2O2. The Hall–Kier alpha value is -2.11. The number of benzene rings is 2. The number of methoxy groups -OCH3 is 1. The van der Waals surface area contributed by atoms with Gasteiger partial charge in [-0.2, -0.15) is 5.10 Å². The number of hydrogen-bond acceptors (Lipinski definition) is 3. The summed E-state index contributed by atoms with van der Waals surface area (Å²) in [6.45, 7) is 0.151. The number of carbonyl (C=O) groups is 1. The summed E-state index contributed by atoms with van der Waals surface area (Å²) in [6.07, 6.45) is 0. The van der Waals surface area contributed by atoms with Gasteiger partial charge in [0, 0.05) is 21.0 Å². The van der Waals surface area contributed by atoms with E-state index in [-0.39, 0.29) is 12.2 Å². The third-order valence-corrected chi connectivity index (χ3v) is 3.90. The number of fused-ring (bicyclic) bond motifs is 1. The second kappa shape index (κ2) is 6.18. The number of halogens is 3. The van der Waals surface area contributed by atoms with Crippen LogP contribution in [0.15, 0.2) is 36.4 Å². The number of hydrogen-bond donors (Lipinski definition) is 0. The lowest BCUT2D eigenvalue weighted by Crippen LogP contribution is -2.07. The van der Waals surface area contributed by atoms with Gasteiger partial charge in [0.2, 0.25) is 0 Å². The molecule has 3 aromatic rings. The van der Waals surface area contributed by atoms with Crippen molar-refractivity contribution in [2.24, 2.45) is 0 Å². The SMILES string of the molecule is COC(=O)c1nn(Cc2ccc(Cl)cc2F)c2ccc(Cl)cc12. The zero-order valence-electron chi connectivity index (χ0n) is 12.0. The van der Waals surface area contributed by atoms with E-state index in [1.165, 1.54) is 17.9 Å². The molecule has 2 aromatic carbocycles. The maximum Gasteiger partial charge on any atom is 0.359 e. The highest BCUT2D eigenvalue weighted by Gasteiger charge is 2.19. The average Bonchev–Trinajstić information content (AvgIpc) is 2.87. The second-order valence-electron chi connectivity index (χ2n) is 4.90. The lowest BCUT2D eigenvalue weighted by Gasteiger charge is -2.05. The van der Waals surface area contributed by atoms with Crippen LogP contribution in [-0.4, -0.2) is 22.9 Å². The molecule has 0 fully saturated rings. The molecule has 0 aliphatic rings. The lowest BCUT2D eigenvalue weighted by molar-refractivity contribution is 0.0595. The predicted octanol–water partition coefficient (Wildman–Crippen LogP) is 4.32. The van der Waals surface area contributed by atoms with E-state index in [1.807, 2.05) is 0 Å². The number of aromatic nitrogens is 2. The third-order valence-electron chi connectivity index (χ3n) is 3.43. The van der Waals surface area contributed by atoms with E-state index >= 15 is 0 Å². The fourth-order valence-electron chi connectivity index (χ4n) is 2.33. The fraction of sp³-hybridized carbons (Fsp3) is 0.125. The number of carbonyl (C=O) groups excluding carboxylic acids is 1. The number of nitrogens with zero attached hydrogens (tertiary/aromatic N) is 2. The van der Waals surface area contributed by atoms with E-state index in [9.17, 15) is 9.18 Å². The molecular weight excluding hydrogens is 342 g/mol. The molecule has 4 nitrogen and oxygen atoms in total. The average molecular weight is 353 g/mol. The van der Waals surface area contributed by atoms with Gasteiger partial charge in [-0.05, 0) is 30.3 Å². The van der Waals surface area contributed by atoms with Gasteiger partial charge in [-0.25, -0.2) is 9.18 Å². The molecule has 0 aliphatic heterocycles. The summed E-state index contributed by atoms with van der Waals surface area (Å²) in [7, 11) is 1.27. The smallest absolute Gasteiger partial charge is 0.359 e. The molecule has 0 unspecified atom stereocenters. The summed E-state index contributed by atoms with van der Waals surface area (Å²) in [5, 5.41) is 5.59. The van der Waals surface area contributed by atoms with Crippen molar-refractivity contribution < 1.29 is 13.9 Å². The third kappa shape index (κ3) is 3.02. The van der Waals surface area contributed by atoms with E-state index in [1.54, 1.807) is 30.3 Å². The molecule has 0 radical (unpaired) electrons. The van der Waals surface area contributed by atoms with Crippen LogP contribution in [0, 0.1) is 5.82 Å². The summed E-state index contributed by atoms with van der Waals surface area (Å²) >= 11 is 11.7. The zero-order chi connectivity index (χ0) is 16.6. The van der Waals surface area contributed by atoms with Crippen molar-refractivity contribution in [2.45, 2.75) is 6.54 Å². The van der Waals surface area contributed by atoms with Crippen LogP contribution in [0.5, 0.6) is 0 Å². The minimum atomic E-state index is -0.576. The van der Waals surface area contributed by atoms with E-state index in [0.717, 1.165) is 0 Å². The predicted molar refractivity (Wildman–Crippen MR) is 86.6 cm³/mol. The molecule has 0 amide bonds. The molecule has 0 spiro atoms. The van der Waals surface area contributed by atoms with Crippen molar-refractivity contribution in [2.75, 3.05) is 7.11 Å². The Labute approximate surface area is 141 Å². The summed E-state index contributed by atoms with van der Waals surface area (Å²) < 4.78 is 20.3. The van der Waals surface area contributed by atoms with Crippen LogP contribution in [0.3, 0.4) is 0 Å². The summed E-state index contributed by atoms with van der Waals surface area (Å²) in [5.41, 5.74) is 1.20. The van der Waals surface area contributed by atoms with E-state index in [0.29, 0.717) is 26.5 Å². The molecule has 7 heteroatoms. The number of rotatable bonds is 3. The molecule has 23 heavy (non-hydrogen) atoms. The van der Waals surface area contributed by atoms with Gasteiger partial charge < -0.3 is 4.74 Å². The maximum absolute atomic E-state index is 14.0. The van der Waals surface area contributed by atoms with Gasteiger partial charge in [0.25, 0.3) is 0 Å². The minimum absolute atomic E-state index is 0.138. The van der Waals surface area contributed by atoms with Crippen molar-refractivity contribution in [1.82, 2.24) is 9.78 Å². The van der Waals surface area contributed by atoms with Crippen molar-refractivity contribution in [3.8, 4) is 0 Å². The van der Waals surface area contributed by atoms with Gasteiger partial charge in [-0.15, -0.1) is 0 Å². The highest BCUT2D eigenvalue weighted by molar-refractivity contribution is 6.31. The molecule has 1 aromatic heterocycles. The molecule has 1 heterocycles. The van der Waals surface area contributed by atoms with E-state index < -0.39 is 11.8 Å². The van der Waals surface area contributed by atoms with E-state index in [4.69, 9.17) is 27.9 Å². The largest absolute Gasteiger partial charge is 0.464 e. The molecule has 3 rings (SSSR count). The van der Waals surface area contributed by atoms with Gasteiger partial charge in [-0.3, -0.25) is 4.68 Å². The first-order valence-electron chi connectivity index (χ1n) is 6.68. The molecule has 0 saturated heterocycles. The van der Waals surface area contributed by atoms with Crippen LogP contribution in [-0.2, 0) is 11.3 Å². The monoisotopic (exact) mass is 352 g/mol. The summed E-state index contributed by atoms with van der Waals surface area (Å²) in [6, 6.07) is 9.46. The first kappa shape index (κ1) is 15.8. The molecule has 0 atom stereocenters. The lowest BCUT2D eigenvalue weighted by atomic mass is 10.2. The topological polar surface area (TPSA) is 44.1 Å². The van der Waals surface area contributed by atoms with Gasteiger partial charge in [0.1, 0.15) is 5.82 Å². The van der Waals surface area contributed by atoms with Gasteiger partial charge in [0.15, 0.2) is 5.69 Å². The van der Waals surface area contributed by atoms with Gasteiger partial charge >= 0.3 is 5.97 Å². The molecule has 0 saturated carbocycles. The number of ether oxygens (including phenoxy) is 1. The molecule has 0 N–H and O–H groups in total. The highest BCUT2D eigenvalue weighted by Crippen LogP contribution is 2.25. The van der Waals surface area contributed by atoms with E-state index in [2.05, 4.69) is 5.10 Å². The van der Waals surface area contributed by atoms with Crippen LogP contribution in [0.25, 0.3) is 10.9 Å². The quantitative estimate of drug-likeness (QED) is 0.659. The normalized spacial score (nSPS) is 11.0. The van der Waals surface area contributed by atoms with Crippen LogP contribution in [0.2, 0.25) is 10.0 Å². The number of esters is 1. The highest BCUT2D eigenvalue weighted by atomic mass is 35.5. The van der Waals surface area contributed by atoms with Crippen LogP contribution >= 0.6 is 23.2 Å². The van der Waals surface area contributed by atoms with Crippen LogP contribution in [0.4, 0.5) is 4.39 Å². The maximum atomic E-state index is 14.0. The Kier molecular flexibility index (Phi) is 4.24. The Morgan fingerprint density at radius 3 is 2.61 bits per heavy atom. The van der Waals surface area contributed by atoms with Crippen LogP contribution < -0.4 is 0 Å². The second-order valence-corrected chi connectivity index (χ2v) is 5.77. The van der Waals surface area contributed by atoms with Crippen LogP contribution in [0.1, 0.15) is 16.1 Å². The van der Waals surface area contributed by atoms with Crippen molar-refractivity contribution >= 4 is 40.1 Å². The first-order valence-corrected chi connectivity index (χ1v) is 7.43. The first-order chi connectivity index (χ1) is 11.0. The molecule has 0 aliphatic carbocycles. The van der Waals surface area contributed by atoms with Crippen molar-refractivity contribution in [3.05, 3.63) is 63.5 Å². The summed E-state index contributed by atoms with van der Waals surface area (Å²) in [4.78, 5) is 11.9. The Balaban J connectivity index is 2.12. The standard InChI is InChI=1S/C16H11Cl2FN2O2/c1-23-16(22)15-12-6-10(17)4-5-14(12)21(20-15)8-9-2-3-11(18)7-13(9)19/h2-7H,8H2,1H3. The van der Waals surface area contributed by atoms with Gasteiger partial charge in [0.05, 0.1) is 19.2 Å². The minimum Gasteiger partial charge on any atom is -0.464 e. The van der Waals surface area contributed by atoms with Crippen molar-refractivity contribution in [1.29, 1.82) is 0 Å². The van der Waals surface area contributed by atoms with Gasteiger partial charge in [-0.1, -0.05) is 29.3 Å². The fourth-order valence-corrected chi connectivity index (χ4v) is 2.66. The summed E-state index contributed by atoms with van der Waals surface area (Å²) in [5.74, 6) is -1.01. The Bertz CT molecular complexity index is 908.